The standard InChI is InChI=1S/C18H20N2O6/c1-19-18(21)26-17-9-5-8-16(13-17)25-11-3-2-10-24-15-7-4-6-14(12-15)20(22)23/h4-9,12-13H,2-3,10-11H2,1H3,(H,19,21). The summed E-state index contributed by atoms with van der Waals surface area (Å²) >= 11 is 0. The summed E-state index contributed by atoms with van der Waals surface area (Å²) in [6.45, 7) is 0.909. The van der Waals surface area contributed by atoms with Crippen LogP contribution >= 0.6 is 0 Å². The topological polar surface area (TPSA) is 99.9 Å². The molecule has 0 radical (unpaired) electrons. The van der Waals surface area contributed by atoms with Crippen LogP contribution in [0.4, 0.5) is 10.5 Å². The van der Waals surface area contributed by atoms with Gasteiger partial charge in [0.1, 0.15) is 17.2 Å². The highest BCUT2D eigenvalue weighted by Crippen LogP contribution is 2.20. The fraction of sp³-hybridized carbons (Fsp3) is 0.278. The van der Waals surface area contributed by atoms with E-state index >= 15 is 0 Å². The average Bonchev–Trinajstić information content (AvgIpc) is 2.65. The van der Waals surface area contributed by atoms with E-state index in [-0.39, 0.29) is 5.69 Å². The molecule has 8 heteroatoms. The number of hydrogen-bond donors (Lipinski definition) is 1. The van der Waals surface area contributed by atoms with E-state index in [1.807, 2.05) is 0 Å². The highest BCUT2D eigenvalue weighted by molar-refractivity contribution is 5.70. The van der Waals surface area contributed by atoms with E-state index < -0.39 is 11.0 Å². The van der Waals surface area contributed by atoms with Gasteiger partial charge >= 0.3 is 6.09 Å². The zero-order valence-corrected chi connectivity index (χ0v) is 14.3. The van der Waals surface area contributed by atoms with Crippen LogP contribution in [0, 0.1) is 10.1 Å². The Morgan fingerprint density at radius 2 is 1.58 bits per heavy atom. The molecule has 0 aromatic heterocycles. The fourth-order valence-electron chi connectivity index (χ4n) is 2.06. The minimum absolute atomic E-state index is 0.00434. The lowest BCUT2D eigenvalue weighted by Crippen LogP contribution is -2.21. The van der Waals surface area contributed by atoms with Gasteiger partial charge in [0.25, 0.3) is 5.69 Å². The molecule has 0 spiro atoms. The van der Waals surface area contributed by atoms with Gasteiger partial charge in [0.15, 0.2) is 0 Å². The SMILES string of the molecule is CNC(=O)Oc1cccc(OCCCCOc2cccc([N+](=O)[O-])c2)c1. The maximum absolute atomic E-state index is 11.2. The molecule has 0 atom stereocenters. The van der Waals surface area contributed by atoms with Crippen molar-refractivity contribution in [3.05, 3.63) is 58.6 Å². The van der Waals surface area contributed by atoms with Gasteiger partial charge in [-0.1, -0.05) is 12.1 Å². The van der Waals surface area contributed by atoms with E-state index in [1.54, 1.807) is 36.4 Å². The molecular weight excluding hydrogens is 340 g/mol. The van der Waals surface area contributed by atoms with Crippen LogP contribution in [0.15, 0.2) is 48.5 Å². The first-order valence-electron chi connectivity index (χ1n) is 8.08. The van der Waals surface area contributed by atoms with Crippen LogP contribution in [0.1, 0.15) is 12.8 Å². The van der Waals surface area contributed by atoms with Gasteiger partial charge in [0.05, 0.1) is 24.2 Å². The number of benzene rings is 2. The van der Waals surface area contributed by atoms with Gasteiger partial charge in [-0.05, 0) is 31.0 Å². The molecular formula is C18H20N2O6. The van der Waals surface area contributed by atoms with Gasteiger partial charge in [-0.3, -0.25) is 10.1 Å². The molecule has 0 saturated heterocycles. The van der Waals surface area contributed by atoms with Gasteiger partial charge in [-0.25, -0.2) is 4.79 Å². The first kappa shape index (κ1) is 19.0. The van der Waals surface area contributed by atoms with Crippen LogP contribution in [0.25, 0.3) is 0 Å². The van der Waals surface area contributed by atoms with Gasteiger partial charge in [-0.15, -0.1) is 0 Å². The van der Waals surface area contributed by atoms with Crippen LogP contribution in [0.3, 0.4) is 0 Å². The Balaban J connectivity index is 1.68. The van der Waals surface area contributed by atoms with E-state index in [0.29, 0.717) is 30.5 Å². The molecule has 2 aromatic carbocycles. The summed E-state index contributed by atoms with van der Waals surface area (Å²) in [7, 11) is 1.48. The lowest BCUT2D eigenvalue weighted by atomic mass is 10.3. The summed E-state index contributed by atoms with van der Waals surface area (Å²) in [6, 6.07) is 12.9. The van der Waals surface area contributed by atoms with Crippen LogP contribution < -0.4 is 19.5 Å². The van der Waals surface area contributed by atoms with Gasteiger partial charge in [0, 0.05) is 19.2 Å². The van der Waals surface area contributed by atoms with E-state index in [0.717, 1.165) is 12.8 Å². The van der Waals surface area contributed by atoms with Gasteiger partial charge in [0.2, 0.25) is 0 Å². The second kappa shape index (κ2) is 9.87. The maximum Gasteiger partial charge on any atom is 0.412 e. The second-order valence-corrected chi connectivity index (χ2v) is 5.27. The third-order valence-corrected chi connectivity index (χ3v) is 3.32. The molecule has 8 nitrogen and oxygen atoms in total. The number of unbranched alkanes of at least 4 members (excludes halogenated alkanes) is 1. The molecule has 0 heterocycles. The minimum Gasteiger partial charge on any atom is -0.493 e. The number of rotatable bonds is 9. The summed E-state index contributed by atoms with van der Waals surface area (Å²) in [6.07, 6.45) is 0.937. The highest BCUT2D eigenvalue weighted by atomic mass is 16.6. The predicted octanol–water partition coefficient (Wildman–Crippen LogP) is 3.55. The Bertz CT molecular complexity index is 750. The monoisotopic (exact) mass is 360 g/mol. The maximum atomic E-state index is 11.2. The Labute approximate surface area is 150 Å². The van der Waals surface area contributed by atoms with Crippen molar-refractivity contribution in [2.24, 2.45) is 0 Å². The first-order valence-corrected chi connectivity index (χ1v) is 8.08. The number of carbonyl (C=O) groups is 1. The van der Waals surface area contributed by atoms with Crippen molar-refractivity contribution in [2.75, 3.05) is 20.3 Å². The number of carbonyl (C=O) groups excluding carboxylic acids is 1. The molecule has 1 N–H and O–H groups in total. The molecule has 0 unspecified atom stereocenters. The zero-order chi connectivity index (χ0) is 18.8. The number of nitrogens with zero attached hydrogens (tertiary/aromatic N) is 1. The Morgan fingerprint density at radius 3 is 2.19 bits per heavy atom. The summed E-state index contributed by atoms with van der Waals surface area (Å²) in [5.74, 6) is 1.47. The molecule has 0 aliphatic carbocycles. The molecule has 0 saturated carbocycles. The van der Waals surface area contributed by atoms with Crippen LogP contribution in [-0.2, 0) is 0 Å². The number of ether oxygens (including phenoxy) is 3. The fourth-order valence-corrected chi connectivity index (χ4v) is 2.06. The lowest BCUT2D eigenvalue weighted by Gasteiger charge is -2.09. The molecule has 1 amide bonds. The average molecular weight is 360 g/mol. The largest absolute Gasteiger partial charge is 0.493 e. The van der Waals surface area contributed by atoms with Crippen LogP contribution in [0.2, 0.25) is 0 Å². The summed E-state index contributed by atoms with van der Waals surface area (Å²) in [5, 5.41) is 13.1. The molecule has 0 aliphatic rings. The van der Waals surface area contributed by atoms with E-state index in [9.17, 15) is 14.9 Å². The van der Waals surface area contributed by atoms with Crippen LogP contribution in [0.5, 0.6) is 17.2 Å². The summed E-state index contributed by atoms with van der Waals surface area (Å²) in [5.41, 5.74) is 0.00434. The highest BCUT2D eigenvalue weighted by Gasteiger charge is 2.06. The van der Waals surface area contributed by atoms with E-state index in [4.69, 9.17) is 14.2 Å². The smallest absolute Gasteiger partial charge is 0.412 e. The molecule has 2 aromatic rings. The third-order valence-electron chi connectivity index (χ3n) is 3.32. The van der Waals surface area contributed by atoms with Crippen molar-refractivity contribution in [1.82, 2.24) is 5.32 Å². The number of hydrogen-bond acceptors (Lipinski definition) is 6. The quantitative estimate of drug-likeness (QED) is 0.417. The van der Waals surface area contributed by atoms with Crippen LogP contribution in [-0.4, -0.2) is 31.3 Å². The van der Waals surface area contributed by atoms with Crippen molar-refractivity contribution >= 4 is 11.8 Å². The predicted molar refractivity (Wildman–Crippen MR) is 94.8 cm³/mol. The van der Waals surface area contributed by atoms with Crippen molar-refractivity contribution in [3.8, 4) is 17.2 Å². The molecule has 138 valence electrons. The zero-order valence-electron chi connectivity index (χ0n) is 14.3. The number of nitro groups is 1. The molecule has 0 aliphatic heterocycles. The second-order valence-electron chi connectivity index (χ2n) is 5.27. The van der Waals surface area contributed by atoms with Crippen molar-refractivity contribution in [2.45, 2.75) is 12.8 Å². The molecule has 0 bridgehead atoms. The minimum atomic E-state index is -0.541. The third kappa shape index (κ3) is 6.31. The summed E-state index contributed by atoms with van der Waals surface area (Å²) in [4.78, 5) is 21.4. The lowest BCUT2D eigenvalue weighted by molar-refractivity contribution is -0.384. The van der Waals surface area contributed by atoms with Crippen molar-refractivity contribution in [3.63, 3.8) is 0 Å². The van der Waals surface area contributed by atoms with Gasteiger partial charge in [-0.2, -0.15) is 0 Å². The Hall–Kier alpha value is -3.29. The van der Waals surface area contributed by atoms with Crippen molar-refractivity contribution < 1.29 is 23.9 Å². The normalized spacial score (nSPS) is 10.0. The number of non-ortho nitro benzene ring substituents is 1. The van der Waals surface area contributed by atoms with Gasteiger partial charge < -0.3 is 19.5 Å². The first-order chi connectivity index (χ1) is 12.6. The molecule has 26 heavy (non-hydrogen) atoms. The number of amides is 1. The number of nitrogens with one attached hydrogen (secondary N) is 1. The summed E-state index contributed by atoms with van der Waals surface area (Å²) < 4.78 is 16.1. The molecule has 0 fully saturated rings. The van der Waals surface area contributed by atoms with E-state index in [2.05, 4.69) is 5.32 Å². The molecule has 2 rings (SSSR count). The van der Waals surface area contributed by atoms with Crippen molar-refractivity contribution in [1.29, 1.82) is 0 Å². The Kier molecular flexibility index (Phi) is 7.23. The Morgan fingerprint density at radius 1 is 1.00 bits per heavy atom. The number of nitro benzene ring substituents is 1. The van der Waals surface area contributed by atoms with E-state index in [1.165, 1.54) is 19.2 Å².